The van der Waals surface area contributed by atoms with Crippen molar-refractivity contribution in [1.29, 1.82) is 0 Å². The maximum absolute atomic E-state index is 11.2. The Kier molecular flexibility index (Phi) is 5.58. The number of amides is 1. The second-order valence-electron chi connectivity index (χ2n) is 4.31. The van der Waals surface area contributed by atoms with Crippen LogP contribution in [0.15, 0.2) is 0 Å². The molecule has 0 rings (SSSR count). The molecule has 3 heteroatoms. The third kappa shape index (κ3) is 6.75. The highest BCUT2D eigenvalue weighted by Gasteiger charge is 2.16. The zero-order valence-electron chi connectivity index (χ0n) is 9.94. The zero-order chi connectivity index (χ0) is 11.2. The van der Waals surface area contributed by atoms with Crippen molar-refractivity contribution in [3.8, 4) is 0 Å². The Morgan fingerprint density at radius 2 is 1.71 bits per heavy atom. The summed E-state index contributed by atoms with van der Waals surface area (Å²) in [6.07, 6.45) is 1.68. The van der Waals surface area contributed by atoms with Crippen molar-refractivity contribution in [2.45, 2.75) is 53.1 Å². The molecular formula is C11H22NO2. The van der Waals surface area contributed by atoms with E-state index in [1.54, 1.807) is 0 Å². The van der Waals surface area contributed by atoms with Crippen LogP contribution in [-0.2, 0) is 4.74 Å². The number of carbonyl (C=O) groups is 1. The second kappa shape index (κ2) is 5.89. The first kappa shape index (κ1) is 13.3. The molecule has 3 nitrogen and oxygen atoms in total. The number of alkyl carbamates (subject to hydrolysis) is 1. The molecule has 0 saturated heterocycles. The highest BCUT2D eigenvalue weighted by atomic mass is 16.6. The molecule has 0 saturated carbocycles. The molecule has 0 aliphatic carbocycles. The molecule has 0 fully saturated rings. The molecule has 0 aromatic rings. The van der Waals surface area contributed by atoms with Crippen molar-refractivity contribution in [2.75, 3.05) is 6.54 Å². The van der Waals surface area contributed by atoms with Crippen LogP contribution in [0, 0.1) is 5.92 Å². The summed E-state index contributed by atoms with van der Waals surface area (Å²) in [6.45, 7) is 10.4. The van der Waals surface area contributed by atoms with Crippen LogP contribution in [-0.4, -0.2) is 18.2 Å². The Balaban J connectivity index is 3.74. The summed E-state index contributed by atoms with van der Waals surface area (Å²) in [4.78, 5) is 11.2. The van der Waals surface area contributed by atoms with Crippen molar-refractivity contribution < 1.29 is 9.53 Å². The molecule has 0 unspecified atom stereocenters. The maximum atomic E-state index is 11.2. The van der Waals surface area contributed by atoms with Gasteiger partial charge in [-0.3, -0.25) is 0 Å². The fraction of sp³-hybridized carbons (Fsp3) is 0.818. The quantitative estimate of drug-likeness (QED) is 0.757. The van der Waals surface area contributed by atoms with E-state index in [2.05, 4.69) is 19.2 Å². The van der Waals surface area contributed by atoms with Gasteiger partial charge in [0, 0.05) is 6.54 Å². The van der Waals surface area contributed by atoms with E-state index in [-0.39, 0.29) is 6.09 Å². The van der Waals surface area contributed by atoms with E-state index < -0.39 is 5.60 Å². The van der Waals surface area contributed by atoms with Gasteiger partial charge in [0.05, 0.1) is 0 Å². The first-order valence-corrected chi connectivity index (χ1v) is 5.19. The molecule has 0 aromatic heterocycles. The van der Waals surface area contributed by atoms with Crippen molar-refractivity contribution in [2.24, 2.45) is 0 Å². The lowest BCUT2D eigenvalue weighted by Crippen LogP contribution is -2.34. The van der Waals surface area contributed by atoms with E-state index in [1.165, 1.54) is 5.92 Å². The lowest BCUT2D eigenvalue weighted by atomic mass is 10.0. The molecule has 1 amide bonds. The molecule has 0 heterocycles. The minimum absolute atomic E-state index is 0.336. The summed E-state index contributed by atoms with van der Waals surface area (Å²) in [5.74, 6) is 1.33. The topological polar surface area (TPSA) is 38.3 Å². The average Bonchev–Trinajstić information content (AvgIpc) is 2.03. The summed E-state index contributed by atoms with van der Waals surface area (Å²) in [5.41, 5.74) is -0.414. The van der Waals surface area contributed by atoms with E-state index in [9.17, 15) is 4.79 Å². The van der Waals surface area contributed by atoms with Gasteiger partial charge in [0.1, 0.15) is 5.60 Å². The Morgan fingerprint density at radius 3 is 2.07 bits per heavy atom. The van der Waals surface area contributed by atoms with Crippen LogP contribution >= 0.6 is 0 Å². The lowest BCUT2D eigenvalue weighted by Gasteiger charge is -2.20. The largest absolute Gasteiger partial charge is 0.444 e. The van der Waals surface area contributed by atoms with Gasteiger partial charge in [-0.1, -0.05) is 13.8 Å². The molecule has 83 valence electrons. The number of hydrogen-bond donors (Lipinski definition) is 1. The molecule has 0 aliphatic heterocycles. The van der Waals surface area contributed by atoms with Crippen LogP contribution in [0.5, 0.6) is 0 Å². The highest BCUT2D eigenvalue weighted by Crippen LogP contribution is 2.10. The molecule has 0 bridgehead atoms. The van der Waals surface area contributed by atoms with Crippen LogP contribution < -0.4 is 5.32 Å². The van der Waals surface area contributed by atoms with Gasteiger partial charge in [-0.15, -0.1) is 0 Å². The summed E-state index contributed by atoms with van der Waals surface area (Å²) in [5, 5.41) is 2.74. The van der Waals surface area contributed by atoms with Gasteiger partial charge in [0.15, 0.2) is 0 Å². The molecule has 0 aliphatic rings. The van der Waals surface area contributed by atoms with E-state index in [0.29, 0.717) is 6.54 Å². The van der Waals surface area contributed by atoms with Gasteiger partial charge in [-0.25, -0.2) is 4.79 Å². The highest BCUT2D eigenvalue weighted by molar-refractivity contribution is 5.67. The number of rotatable bonds is 4. The molecule has 0 spiro atoms. The van der Waals surface area contributed by atoms with Crippen LogP contribution in [0.1, 0.15) is 47.5 Å². The molecule has 14 heavy (non-hydrogen) atoms. The molecule has 1 radical (unpaired) electrons. The third-order valence-electron chi connectivity index (χ3n) is 1.88. The Bertz CT molecular complexity index is 169. The van der Waals surface area contributed by atoms with E-state index in [0.717, 1.165) is 12.8 Å². The van der Waals surface area contributed by atoms with Crippen molar-refractivity contribution in [3.05, 3.63) is 5.92 Å². The van der Waals surface area contributed by atoms with E-state index in [4.69, 9.17) is 4.74 Å². The van der Waals surface area contributed by atoms with E-state index >= 15 is 0 Å². The van der Waals surface area contributed by atoms with Gasteiger partial charge >= 0.3 is 6.09 Å². The number of ether oxygens (including phenoxy) is 1. The van der Waals surface area contributed by atoms with Crippen molar-refractivity contribution in [3.63, 3.8) is 0 Å². The first-order valence-electron chi connectivity index (χ1n) is 5.19. The van der Waals surface area contributed by atoms with E-state index in [1.807, 2.05) is 20.8 Å². The molecule has 0 aromatic carbocycles. The predicted molar refractivity (Wildman–Crippen MR) is 58.1 cm³/mol. The molecule has 1 N–H and O–H groups in total. The van der Waals surface area contributed by atoms with Gasteiger partial charge in [-0.05, 0) is 39.5 Å². The van der Waals surface area contributed by atoms with Crippen LogP contribution in [0.2, 0.25) is 0 Å². The van der Waals surface area contributed by atoms with Crippen molar-refractivity contribution in [1.82, 2.24) is 5.32 Å². The fourth-order valence-electron chi connectivity index (χ4n) is 1.01. The lowest BCUT2D eigenvalue weighted by molar-refractivity contribution is 0.0529. The van der Waals surface area contributed by atoms with Gasteiger partial charge in [-0.2, -0.15) is 0 Å². The van der Waals surface area contributed by atoms with Crippen molar-refractivity contribution >= 4 is 6.09 Å². The molecule has 0 atom stereocenters. The molecular weight excluding hydrogens is 178 g/mol. The Morgan fingerprint density at radius 1 is 1.21 bits per heavy atom. The SMILES string of the molecule is CC[C](CC)CNC(=O)OC(C)(C)C. The normalized spacial score (nSPS) is 11.6. The number of hydrogen-bond acceptors (Lipinski definition) is 2. The minimum Gasteiger partial charge on any atom is -0.444 e. The monoisotopic (exact) mass is 200 g/mol. The average molecular weight is 200 g/mol. The summed E-state index contributed by atoms with van der Waals surface area (Å²) >= 11 is 0. The van der Waals surface area contributed by atoms with Gasteiger partial charge < -0.3 is 10.1 Å². The summed E-state index contributed by atoms with van der Waals surface area (Å²) in [7, 11) is 0. The maximum Gasteiger partial charge on any atom is 0.407 e. The first-order chi connectivity index (χ1) is 6.39. The minimum atomic E-state index is -0.414. The third-order valence-corrected chi connectivity index (χ3v) is 1.88. The summed E-state index contributed by atoms with van der Waals surface area (Å²) < 4.78 is 5.11. The predicted octanol–water partition coefficient (Wildman–Crippen LogP) is 2.91. The smallest absolute Gasteiger partial charge is 0.407 e. The standard InChI is InChI=1S/C11H22NO2/c1-6-9(7-2)8-12-10(13)14-11(3,4)5/h6-8H2,1-5H3,(H,12,13). The van der Waals surface area contributed by atoms with Crippen LogP contribution in [0.3, 0.4) is 0 Å². The number of carbonyl (C=O) groups excluding carboxylic acids is 1. The second-order valence-corrected chi connectivity index (χ2v) is 4.31. The Labute approximate surface area is 87.2 Å². The van der Waals surface area contributed by atoms with Gasteiger partial charge in [0.2, 0.25) is 0 Å². The zero-order valence-corrected chi connectivity index (χ0v) is 9.94. The van der Waals surface area contributed by atoms with Crippen LogP contribution in [0.4, 0.5) is 4.79 Å². The van der Waals surface area contributed by atoms with Gasteiger partial charge in [0.25, 0.3) is 0 Å². The fourth-order valence-corrected chi connectivity index (χ4v) is 1.01. The summed E-state index contributed by atoms with van der Waals surface area (Å²) in [6, 6.07) is 0. The number of nitrogens with one attached hydrogen (secondary N) is 1. The Hall–Kier alpha value is -0.730. The van der Waals surface area contributed by atoms with Crippen LogP contribution in [0.25, 0.3) is 0 Å².